The second kappa shape index (κ2) is 7.50. The van der Waals surface area contributed by atoms with E-state index in [1.807, 2.05) is 36.9 Å². The molecule has 1 aromatic carbocycles. The summed E-state index contributed by atoms with van der Waals surface area (Å²) in [5, 5.41) is 12.0. The lowest BCUT2D eigenvalue weighted by Crippen LogP contribution is -2.51. The number of rotatable bonds is 3. The zero-order chi connectivity index (χ0) is 18.8. The summed E-state index contributed by atoms with van der Waals surface area (Å²) in [5.74, 6) is -0.0387. The number of hydrogen-bond donors (Lipinski definition) is 2. The Balaban J connectivity index is 2.12. The van der Waals surface area contributed by atoms with Crippen LogP contribution >= 0.6 is 0 Å². The number of anilines is 1. The number of ether oxygens (including phenoxy) is 1. The van der Waals surface area contributed by atoms with Gasteiger partial charge in [-0.1, -0.05) is 26.0 Å². The minimum Gasteiger partial charge on any atom is -0.465 e. The smallest absolute Gasteiger partial charge is 0.405 e. The molecule has 3 atom stereocenters. The molecule has 0 aromatic heterocycles. The third-order valence-corrected chi connectivity index (χ3v) is 5.46. The van der Waals surface area contributed by atoms with E-state index in [0.717, 1.165) is 29.7 Å². The van der Waals surface area contributed by atoms with Gasteiger partial charge in [-0.05, 0) is 41.7 Å². The molecule has 2 amide bonds. The van der Waals surface area contributed by atoms with Crippen molar-refractivity contribution in [2.75, 3.05) is 18.1 Å². The quantitative estimate of drug-likeness (QED) is 0.866. The number of benzene rings is 1. The van der Waals surface area contributed by atoms with E-state index in [4.69, 9.17) is 4.74 Å². The van der Waals surface area contributed by atoms with Crippen molar-refractivity contribution in [1.82, 2.24) is 5.32 Å². The molecule has 2 heterocycles. The highest BCUT2D eigenvalue weighted by Gasteiger charge is 2.40. The van der Waals surface area contributed by atoms with Gasteiger partial charge in [-0.25, -0.2) is 4.79 Å². The zero-order valence-electron chi connectivity index (χ0n) is 15.5. The highest BCUT2D eigenvalue weighted by molar-refractivity contribution is 5.94. The number of amides is 2. The van der Waals surface area contributed by atoms with Crippen LogP contribution in [-0.4, -0.2) is 36.4 Å². The predicted octanol–water partition coefficient (Wildman–Crippen LogP) is 3.58. The van der Waals surface area contributed by atoms with E-state index in [-0.39, 0.29) is 23.9 Å². The molecule has 0 fully saturated rings. The van der Waals surface area contributed by atoms with Crippen LogP contribution in [0.3, 0.4) is 0 Å². The first kappa shape index (κ1) is 18.5. The number of hydrogen-bond acceptors (Lipinski definition) is 3. The van der Waals surface area contributed by atoms with Gasteiger partial charge in [-0.2, -0.15) is 0 Å². The molecule has 0 aliphatic carbocycles. The summed E-state index contributed by atoms with van der Waals surface area (Å²) in [7, 11) is 0. The van der Waals surface area contributed by atoms with Gasteiger partial charge in [0.05, 0.1) is 19.3 Å². The maximum atomic E-state index is 12.4. The molecule has 2 aliphatic rings. The number of fused-ring (bicyclic) bond motifs is 1. The van der Waals surface area contributed by atoms with Crippen LogP contribution < -0.4 is 10.2 Å². The number of nitrogens with zero attached hydrogens (tertiary/aromatic N) is 1. The van der Waals surface area contributed by atoms with Crippen molar-refractivity contribution in [3.63, 3.8) is 0 Å². The van der Waals surface area contributed by atoms with Crippen molar-refractivity contribution in [3.8, 4) is 0 Å². The first-order valence-electron chi connectivity index (χ1n) is 9.14. The monoisotopic (exact) mass is 358 g/mol. The van der Waals surface area contributed by atoms with Crippen LogP contribution in [0, 0.1) is 5.92 Å². The number of carbonyl (C=O) groups excluding carboxylic acids is 1. The molecule has 6 nitrogen and oxygen atoms in total. The highest BCUT2D eigenvalue weighted by Crippen LogP contribution is 2.43. The van der Waals surface area contributed by atoms with E-state index < -0.39 is 6.09 Å². The Kier molecular flexibility index (Phi) is 5.32. The van der Waals surface area contributed by atoms with Gasteiger partial charge >= 0.3 is 6.09 Å². The van der Waals surface area contributed by atoms with Gasteiger partial charge in [0.25, 0.3) is 0 Å². The lowest BCUT2D eigenvalue weighted by atomic mass is 9.80. The Hall–Kier alpha value is -2.34. The molecule has 6 heteroatoms. The topological polar surface area (TPSA) is 78.9 Å². The Labute approximate surface area is 153 Å². The van der Waals surface area contributed by atoms with E-state index in [2.05, 4.69) is 11.4 Å². The number of carboxylic acid groups (broad SMARTS) is 1. The van der Waals surface area contributed by atoms with Gasteiger partial charge in [0.15, 0.2) is 0 Å². The second-order valence-electron chi connectivity index (χ2n) is 6.98. The van der Waals surface area contributed by atoms with Crippen molar-refractivity contribution in [1.29, 1.82) is 0 Å². The van der Waals surface area contributed by atoms with Crippen LogP contribution in [0.15, 0.2) is 24.3 Å². The molecule has 26 heavy (non-hydrogen) atoms. The first-order chi connectivity index (χ1) is 12.4. The van der Waals surface area contributed by atoms with E-state index in [9.17, 15) is 14.7 Å². The van der Waals surface area contributed by atoms with Crippen LogP contribution in [0.4, 0.5) is 10.5 Å². The van der Waals surface area contributed by atoms with E-state index >= 15 is 0 Å². The predicted molar refractivity (Wildman–Crippen MR) is 100 cm³/mol. The van der Waals surface area contributed by atoms with Gasteiger partial charge in [0, 0.05) is 24.6 Å². The molecule has 2 aliphatic heterocycles. The van der Waals surface area contributed by atoms with Crippen LogP contribution in [-0.2, 0) is 9.53 Å². The summed E-state index contributed by atoms with van der Waals surface area (Å²) >= 11 is 0. The lowest BCUT2D eigenvalue weighted by molar-refractivity contribution is -0.117. The average Bonchev–Trinajstić information content (AvgIpc) is 2.63. The molecule has 0 saturated carbocycles. The largest absolute Gasteiger partial charge is 0.465 e. The fourth-order valence-electron chi connectivity index (χ4n) is 4.23. The highest BCUT2D eigenvalue weighted by atomic mass is 16.5. The van der Waals surface area contributed by atoms with Gasteiger partial charge in [0.2, 0.25) is 5.91 Å². The molecule has 140 valence electrons. The van der Waals surface area contributed by atoms with E-state index in [0.29, 0.717) is 13.2 Å². The summed E-state index contributed by atoms with van der Waals surface area (Å²) in [6.45, 7) is 6.89. The van der Waals surface area contributed by atoms with Crippen molar-refractivity contribution >= 4 is 23.3 Å². The molecule has 2 N–H and O–H groups in total. The van der Waals surface area contributed by atoms with Crippen LogP contribution in [0.5, 0.6) is 0 Å². The minimum absolute atomic E-state index is 0.0169. The average molecular weight is 358 g/mol. The van der Waals surface area contributed by atoms with E-state index in [1.54, 1.807) is 6.92 Å². The normalized spacial score (nSPS) is 25.3. The molecule has 0 bridgehead atoms. The van der Waals surface area contributed by atoms with Gasteiger partial charge < -0.3 is 20.1 Å². The molecular formula is C20H26N2O4. The third-order valence-electron chi connectivity index (χ3n) is 5.46. The molecule has 0 spiro atoms. The summed E-state index contributed by atoms with van der Waals surface area (Å²) in [6.07, 6.45) is 2.62. The van der Waals surface area contributed by atoms with Crippen molar-refractivity contribution in [3.05, 3.63) is 35.4 Å². The first-order valence-corrected chi connectivity index (χ1v) is 9.14. The fraction of sp³-hybridized carbons (Fsp3) is 0.500. The summed E-state index contributed by atoms with van der Waals surface area (Å²) in [6, 6.07) is 5.62. The third kappa shape index (κ3) is 3.33. The van der Waals surface area contributed by atoms with Crippen LogP contribution in [0.25, 0.3) is 5.57 Å². The summed E-state index contributed by atoms with van der Waals surface area (Å²) in [5.41, 5.74) is 3.94. The number of carbonyl (C=O) groups is 2. The lowest BCUT2D eigenvalue weighted by Gasteiger charge is -2.45. The Morgan fingerprint density at radius 2 is 2.15 bits per heavy atom. The van der Waals surface area contributed by atoms with Crippen molar-refractivity contribution < 1.29 is 19.4 Å². The SMILES string of the molecule is CC[C@H]1[C@H](C)[C@@H](NC(=O)O)c2cc(C3=CCOCC3)ccc2N1C(C)=O. The standard InChI is InChI=1S/C20H26N2O4/c1-4-17-12(2)19(21-20(24)25)16-11-15(14-7-9-26-10-8-14)5-6-18(16)22(17)13(3)23/h5-7,11-12,17,19,21H,4,8-10H2,1-3H3,(H,24,25)/t12-,17-,19+/m0/s1. The molecule has 0 saturated heterocycles. The molecule has 1 aromatic rings. The summed E-state index contributed by atoms with van der Waals surface area (Å²) < 4.78 is 5.38. The zero-order valence-corrected chi connectivity index (χ0v) is 15.5. The Bertz CT molecular complexity index is 743. The Morgan fingerprint density at radius 3 is 2.73 bits per heavy atom. The van der Waals surface area contributed by atoms with E-state index in [1.165, 1.54) is 5.57 Å². The Morgan fingerprint density at radius 1 is 1.38 bits per heavy atom. The maximum absolute atomic E-state index is 12.4. The van der Waals surface area contributed by atoms with Gasteiger partial charge in [-0.15, -0.1) is 0 Å². The van der Waals surface area contributed by atoms with Crippen molar-refractivity contribution in [2.24, 2.45) is 5.92 Å². The maximum Gasteiger partial charge on any atom is 0.405 e. The van der Waals surface area contributed by atoms with Gasteiger partial charge in [-0.3, -0.25) is 4.79 Å². The molecule has 0 radical (unpaired) electrons. The van der Waals surface area contributed by atoms with Crippen molar-refractivity contribution in [2.45, 2.75) is 45.7 Å². The summed E-state index contributed by atoms with van der Waals surface area (Å²) in [4.78, 5) is 25.6. The molecule has 0 unspecified atom stereocenters. The fourth-order valence-corrected chi connectivity index (χ4v) is 4.23. The van der Waals surface area contributed by atoms with Crippen LogP contribution in [0.2, 0.25) is 0 Å². The molecule has 3 rings (SSSR count). The van der Waals surface area contributed by atoms with Crippen LogP contribution in [0.1, 0.15) is 50.8 Å². The number of nitrogens with one attached hydrogen (secondary N) is 1. The van der Waals surface area contributed by atoms with Gasteiger partial charge in [0.1, 0.15) is 0 Å². The molecular weight excluding hydrogens is 332 g/mol. The minimum atomic E-state index is -1.05. The second-order valence-corrected chi connectivity index (χ2v) is 6.98.